The van der Waals surface area contributed by atoms with Crippen LogP contribution in [-0.2, 0) is 4.74 Å². The molecule has 0 radical (unpaired) electrons. The Morgan fingerprint density at radius 1 is 1.17 bits per heavy atom. The molecule has 4 heteroatoms. The molecule has 0 aromatic rings. The van der Waals surface area contributed by atoms with Gasteiger partial charge in [-0.3, -0.25) is 0 Å². The van der Waals surface area contributed by atoms with Gasteiger partial charge in [-0.2, -0.15) is 0 Å². The van der Waals surface area contributed by atoms with Gasteiger partial charge in [-0.25, -0.2) is 0 Å². The highest BCUT2D eigenvalue weighted by atomic mass is 16.5. The summed E-state index contributed by atoms with van der Waals surface area (Å²) < 4.78 is 6.45. The van der Waals surface area contributed by atoms with E-state index in [-0.39, 0.29) is 18.6 Å². The van der Waals surface area contributed by atoms with E-state index in [1.165, 1.54) is 0 Å². The van der Waals surface area contributed by atoms with Gasteiger partial charge in [0.05, 0.1) is 29.5 Å². The summed E-state index contributed by atoms with van der Waals surface area (Å²) in [6, 6.07) is 0. The van der Waals surface area contributed by atoms with Crippen LogP contribution < -0.4 is 0 Å². The molecule has 0 aromatic carbocycles. The fourth-order valence-corrected chi connectivity index (χ4v) is 3.70. The number of fused-ring (bicyclic) bond motifs is 2. The second kappa shape index (κ2) is 7.28. The molecule has 0 aromatic heterocycles. The Morgan fingerprint density at radius 2 is 1.88 bits per heavy atom. The molecule has 3 N–H and O–H groups in total. The number of allylic oxidation sites excluding steroid dienone is 1. The summed E-state index contributed by atoms with van der Waals surface area (Å²) in [4.78, 5) is 0. The van der Waals surface area contributed by atoms with Crippen LogP contribution in [0.1, 0.15) is 66.2 Å². The molecule has 24 heavy (non-hydrogen) atoms. The first-order valence-electron chi connectivity index (χ1n) is 9.22. The van der Waals surface area contributed by atoms with Gasteiger partial charge in [0.1, 0.15) is 0 Å². The summed E-state index contributed by atoms with van der Waals surface area (Å²) in [6.07, 6.45) is 9.76. The highest BCUT2D eigenvalue weighted by Gasteiger charge is 2.47. The van der Waals surface area contributed by atoms with Crippen molar-refractivity contribution in [3.63, 3.8) is 0 Å². The van der Waals surface area contributed by atoms with E-state index in [9.17, 15) is 15.3 Å². The molecular weight excluding hydrogens is 304 g/mol. The van der Waals surface area contributed by atoms with E-state index in [2.05, 4.69) is 13.8 Å². The van der Waals surface area contributed by atoms with Crippen molar-refractivity contribution in [2.24, 2.45) is 5.92 Å². The lowest BCUT2D eigenvalue weighted by atomic mass is 9.75. The van der Waals surface area contributed by atoms with Crippen LogP contribution in [0.3, 0.4) is 0 Å². The highest BCUT2D eigenvalue weighted by molar-refractivity contribution is 5.15. The molecule has 138 valence electrons. The molecule has 1 saturated heterocycles. The van der Waals surface area contributed by atoms with E-state index >= 15 is 0 Å². The maximum Gasteiger partial charge on any atom is 0.0892 e. The molecule has 2 heterocycles. The lowest BCUT2D eigenvalue weighted by molar-refractivity contribution is -0.210. The van der Waals surface area contributed by atoms with Gasteiger partial charge in [-0.1, -0.05) is 32.1 Å². The van der Waals surface area contributed by atoms with Crippen LogP contribution in [0.4, 0.5) is 0 Å². The van der Waals surface area contributed by atoms with Crippen LogP contribution in [0, 0.1) is 5.92 Å². The first-order valence-corrected chi connectivity index (χ1v) is 9.22. The van der Waals surface area contributed by atoms with Crippen molar-refractivity contribution in [3.8, 4) is 0 Å². The fourth-order valence-electron chi connectivity index (χ4n) is 3.70. The third kappa shape index (κ3) is 4.48. The lowest BCUT2D eigenvalue weighted by Gasteiger charge is -2.49. The maximum atomic E-state index is 10.8. The van der Waals surface area contributed by atoms with Crippen LogP contribution in [0.5, 0.6) is 0 Å². The van der Waals surface area contributed by atoms with Gasteiger partial charge in [0.2, 0.25) is 0 Å². The van der Waals surface area contributed by atoms with Gasteiger partial charge < -0.3 is 20.1 Å². The summed E-state index contributed by atoms with van der Waals surface area (Å²) in [7, 11) is 0. The fraction of sp³-hybridized carbons (Fsp3) is 0.800. The van der Waals surface area contributed by atoms with E-state index in [4.69, 9.17) is 4.74 Å². The van der Waals surface area contributed by atoms with Crippen molar-refractivity contribution in [3.05, 3.63) is 23.8 Å². The van der Waals surface area contributed by atoms with Gasteiger partial charge in [-0.05, 0) is 63.9 Å². The first-order chi connectivity index (χ1) is 11.1. The van der Waals surface area contributed by atoms with Crippen LogP contribution in [-0.4, -0.2) is 44.8 Å². The van der Waals surface area contributed by atoms with E-state index in [0.717, 1.165) is 18.4 Å². The predicted octanol–water partition coefficient (Wildman–Crippen LogP) is 3.11. The summed E-state index contributed by atoms with van der Waals surface area (Å²) in [5.41, 5.74) is -1.27. The van der Waals surface area contributed by atoms with E-state index < -0.39 is 16.8 Å². The number of rotatable bonds is 2. The zero-order valence-electron chi connectivity index (χ0n) is 15.6. The Kier molecular flexibility index (Phi) is 5.96. The van der Waals surface area contributed by atoms with Crippen molar-refractivity contribution in [2.45, 2.75) is 89.1 Å². The van der Waals surface area contributed by atoms with Gasteiger partial charge in [0.25, 0.3) is 0 Å². The van der Waals surface area contributed by atoms with E-state index in [1.54, 1.807) is 0 Å². The molecule has 0 aliphatic carbocycles. The molecule has 2 bridgehead atoms. The van der Waals surface area contributed by atoms with Crippen molar-refractivity contribution in [2.75, 3.05) is 6.61 Å². The maximum absolute atomic E-state index is 10.8. The molecule has 2 aliphatic heterocycles. The summed E-state index contributed by atoms with van der Waals surface area (Å²) in [5, 5.41) is 31.0. The SMILES string of the molecule is CC(C)[C@]12/C=C\[C@](C)(O)CC/C=C(/CO)CC[C@H](O1)[C@@](C)(O)CC2. The van der Waals surface area contributed by atoms with Crippen LogP contribution >= 0.6 is 0 Å². The van der Waals surface area contributed by atoms with Crippen molar-refractivity contribution in [1.29, 1.82) is 0 Å². The average molecular weight is 338 g/mol. The Bertz CT molecular complexity index is 490. The van der Waals surface area contributed by atoms with E-state index in [0.29, 0.717) is 25.7 Å². The second-order valence-corrected chi connectivity index (χ2v) is 8.36. The normalized spacial score (nSPS) is 45.0. The van der Waals surface area contributed by atoms with Gasteiger partial charge in [0, 0.05) is 0 Å². The quantitative estimate of drug-likeness (QED) is 0.677. The number of aliphatic hydroxyl groups is 3. The molecule has 4 atom stereocenters. The Morgan fingerprint density at radius 3 is 2.50 bits per heavy atom. The minimum atomic E-state index is -0.906. The van der Waals surface area contributed by atoms with E-state index in [1.807, 2.05) is 32.1 Å². The van der Waals surface area contributed by atoms with Crippen LogP contribution in [0.25, 0.3) is 0 Å². The Labute approximate surface area is 146 Å². The Hall–Kier alpha value is -0.680. The number of aliphatic hydroxyl groups excluding tert-OH is 1. The minimum Gasteiger partial charge on any atom is -0.392 e. The first kappa shape index (κ1) is 19.6. The van der Waals surface area contributed by atoms with Crippen LogP contribution in [0.2, 0.25) is 0 Å². The third-order valence-corrected chi connectivity index (χ3v) is 5.79. The number of hydrogen-bond acceptors (Lipinski definition) is 4. The molecule has 4 nitrogen and oxygen atoms in total. The predicted molar refractivity (Wildman–Crippen MR) is 95.7 cm³/mol. The smallest absolute Gasteiger partial charge is 0.0892 e. The van der Waals surface area contributed by atoms with Crippen molar-refractivity contribution >= 4 is 0 Å². The highest BCUT2D eigenvalue weighted by Crippen LogP contribution is 2.43. The number of ether oxygens (including phenoxy) is 1. The standard InChI is InChI=1S/C20H34O4/c1-15(2)20-12-10-18(3,22)9-5-6-16(14-21)7-8-17(24-20)19(4,23)11-13-20/h6,10,12,15,17,21-23H,5,7-9,11,13-14H2,1-4H3/b12-10-,16-6+/t17-,18+,19-,20+/m0/s1. The molecule has 0 unspecified atom stereocenters. The molecule has 0 saturated carbocycles. The lowest BCUT2D eigenvalue weighted by Crippen LogP contribution is -2.55. The molecule has 0 amide bonds. The van der Waals surface area contributed by atoms with Gasteiger partial charge in [-0.15, -0.1) is 0 Å². The molecule has 1 fully saturated rings. The summed E-state index contributed by atoms with van der Waals surface area (Å²) in [5.74, 6) is 0.249. The molecule has 2 rings (SSSR count). The third-order valence-electron chi connectivity index (χ3n) is 5.79. The van der Waals surface area contributed by atoms with Crippen molar-refractivity contribution in [1.82, 2.24) is 0 Å². The van der Waals surface area contributed by atoms with Gasteiger partial charge in [0.15, 0.2) is 0 Å². The molecular formula is C20H34O4. The Balaban J connectivity index is 2.38. The topological polar surface area (TPSA) is 69.9 Å². The molecule has 0 spiro atoms. The monoisotopic (exact) mass is 338 g/mol. The molecule has 2 aliphatic rings. The summed E-state index contributed by atoms with van der Waals surface area (Å²) in [6.45, 7) is 7.92. The largest absolute Gasteiger partial charge is 0.392 e. The summed E-state index contributed by atoms with van der Waals surface area (Å²) >= 11 is 0. The zero-order chi connectivity index (χ0) is 18.0. The minimum absolute atomic E-state index is 0.0160. The zero-order valence-corrected chi connectivity index (χ0v) is 15.6. The van der Waals surface area contributed by atoms with Crippen LogP contribution in [0.15, 0.2) is 23.8 Å². The average Bonchev–Trinajstić information content (AvgIpc) is 2.49. The van der Waals surface area contributed by atoms with Crippen molar-refractivity contribution < 1.29 is 20.1 Å². The number of hydrogen-bond donors (Lipinski definition) is 3. The second-order valence-electron chi connectivity index (χ2n) is 8.36. The van der Waals surface area contributed by atoms with Gasteiger partial charge >= 0.3 is 0 Å².